The largest absolute Gasteiger partial charge is 0.492 e. The molecule has 0 aliphatic carbocycles. The van der Waals surface area contributed by atoms with E-state index in [1.54, 1.807) is 6.07 Å². The van der Waals surface area contributed by atoms with Crippen LogP contribution in [0.1, 0.15) is 25.8 Å². The van der Waals surface area contributed by atoms with Crippen molar-refractivity contribution in [1.82, 2.24) is 4.90 Å². The lowest BCUT2D eigenvalue weighted by molar-refractivity contribution is -0.139. The van der Waals surface area contributed by atoms with E-state index in [-0.39, 0.29) is 23.8 Å². The highest BCUT2D eigenvalue weighted by Crippen LogP contribution is 2.36. The van der Waals surface area contributed by atoms with Gasteiger partial charge in [0.2, 0.25) is 0 Å². The van der Waals surface area contributed by atoms with Gasteiger partial charge >= 0.3 is 6.18 Å². The SMILES string of the molecule is CC1(C)CN(CCOc2ccccc2C(F)(F)F)CCC1N. The summed E-state index contributed by atoms with van der Waals surface area (Å²) in [5.74, 6) is -0.108. The predicted octanol–water partition coefficient (Wildman–Crippen LogP) is 3.14. The lowest BCUT2D eigenvalue weighted by atomic mass is 9.80. The Balaban J connectivity index is 1.90. The first-order valence-electron chi connectivity index (χ1n) is 7.47. The van der Waals surface area contributed by atoms with Crippen LogP contribution >= 0.6 is 0 Å². The summed E-state index contributed by atoms with van der Waals surface area (Å²) >= 11 is 0. The molecule has 22 heavy (non-hydrogen) atoms. The third-order valence-corrected chi connectivity index (χ3v) is 4.25. The molecule has 1 unspecified atom stereocenters. The summed E-state index contributed by atoms with van der Waals surface area (Å²) in [7, 11) is 0. The van der Waals surface area contributed by atoms with Crippen LogP contribution in [-0.2, 0) is 6.18 Å². The van der Waals surface area contributed by atoms with Crippen molar-refractivity contribution in [3.05, 3.63) is 29.8 Å². The minimum atomic E-state index is -4.39. The average molecular weight is 316 g/mol. The van der Waals surface area contributed by atoms with E-state index < -0.39 is 11.7 Å². The van der Waals surface area contributed by atoms with Crippen molar-refractivity contribution in [3.8, 4) is 5.75 Å². The fraction of sp³-hybridized carbons (Fsp3) is 0.625. The standard InChI is InChI=1S/C16H23F3N2O/c1-15(2)11-21(8-7-14(15)20)9-10-22-13-6-4-3-5-12(13)16(17,18)19/h3-6,14H,7-11,20H2,1-2H3. The number of benzene rings is 1. The van der Waals surface area contributed by atoms with Crippen molar-refractivity contribution in [2.24, 2.45) is 11.1 Å². The molecule has 6 heteroatoms. The summed E-state index contributed by atoms with van der Waals surface area (Å²) in [5.41, 5.74) is 5.37. The first-order valence-corrected chi connectivity index (χ1v) is 7.47. The zero-order chi connectivity index (χ0) is 16.4. The quantitative estimate of drug-likeness (QED) is 0.927. The van der Waals surface area contributed by atoms with Gasteiger partial charge in [0.15, 0.2) is 0 Å². The van der Waals surface area contributed by atoms with Crippen molar-refractivity contribution >= 4 is 0 Å². The maximum absolute atomic E-state index is 12.9. The van der Waals surface area contributed by atoms with Crippen LogP contribution in [0.2, 0.25) is 0 Å². The van der Waals surface area contributed by atoms with Crippen molar-refractivity contribution in [2.45, 2.75) is 32.5 Å². The van der Waals surface area contributed by atoms with Crippen LogP contribution in [0.5, 0.6) is 5.75 Å². The molecule has 2 N–H and O–H groups in total. The fourth-order valence-corrected chi connectivity index (χ4v) is 2.79. The van der Waals surface area contributed by atoms with Crippen LogP contribution in [0.3, 0.4) is 0 Å². The molecule has 1 atom stereocenters. The summed E-state index contributed by atoms with van der Waals surface area (Å²) in [6.45, 7) is 6.75. The molecule has 1 fully saturated rings. The van der Waals surface area contributed by atoms with Crippen molar-refractivity contribution in [2.75, 3.05) is 26.2 Å². The number of hydrogen-bond acceptors (Lipinski definition) is 3. The Morgan fingerprint density at radius 2 is 2.00 bits per heavy atom. The number of alkyl halides is 3. The first kappa shape index (κ1) is 17.1. The Kier molecular flexibility index (Phi) is 5.02. The second-order valence-corrected chi connectivity index (χ2v) is 6.50. The maximum Gasteiger partial charge on any atom is 0.419 e. The Morgan fingerprint density at radius 3 is 2.64 bits per heavy atom. The third-order valence-electron chi connectivity index (χ3n) is 4.25. The normalized spacial score (nSPS) is 22.5. The molecule has 0 spiro atoms. The van der Waals surface area contributed by atoms with E-state index in [9.17, 15) is 13.2 Å². The molecule has 0 radical (unpaired) electrons. The van der Waals surface area contributed by atoms with Gasteiger partial charge in [-0.2, -0.15) is 13.2 Å². The number of rotatable bonds is 4. The van der Waals surface area contributed by atoms with Crippen LogP contribution < -0.4 is 10.5 Å². The van der Waals surface area contributed by atoms with Gasteiger partial charge in [-0.15, -0.1) is 0 Å². The molecule has 1 aliphatic heterocycles. The molecular weight excluding hydrogens is 293 g/mol. The van der Waals surface area contributed by atoms with Gasteiger partial charge in [0.25, 0.3) is 0 Å². The second kappa shape index (κ2) is 6.46. The molecule has 1 heterocycles. The molecule has 1 aromatic carbocycles. The Labute approximate surface area is 129 Å². The van der Waals surface area contributed by atoms with Crippen LogP contribution in [0.4, 0.5) is 13.2 Å². The number of ether oxygens (including phenoxy) is 1. The molecule has 2 rings (SSSR count). The molecule has 1 aliphatic rings. The topological polar surface area (TPSA) is 38.5 Å². The summed E-state index contributed by atoms with van der Waals surface area (Å²) in [6, 6.07) is 5.48. The van der Waals surface area contributed by atoms with Crippen LogP contribution in [0.15, 0.2) is 24.3 Å². The minimum absolute atomic E-state index is 0.0160. The van der Waals surface area contributed by atoms with Gasteiger partial charge in [-0.1, -0.05) is 26.0 Å². The summed E-state index contributed by atoms with van der Waals surface area (Å²) in [6.07, 6.45) is -3.50. The third kappa shape index (κ3) is 4.14. The number of nitrogens with zero attached hydrogens (tertiary/aromatic N) is 1. The number of hydrogen-bond donors (Lipinski definition) is 1. The summed E-state index contributed by atoms with van der Waals surface area (Å²) in [5, 5.41) is 0. The molecule has 0 amide bonds. The van der Waals surface area contributed by atoms with Crippen molar-refractivity contribution < 1.29 is 17.9 Å². The van der Waals surface area contributed by atoms with Crippen LogP contribution in [-0.4, -0.2) is 37.2 Å². The summed E-state index contributed by atoms with van der Waals surface area (Å²) < 4.78 is 44.0. The van der Waals surface area contributed by atoms with E-state index in [0.717, 1.165) is 25.6 Å². The maximum atomic E-state index is 12.9. The van der Waals surface area contributed by atoms with E-state index in [1.165, 1.54) is 12.1 Å². The number of likely N-dealkylation sites (tertiary alicyclic amines) is 1. The van der Waals surface area contributed by atoms with Gasteiger partial charge in [-0.3, -0.25) is 4.90 Å². The summed E-state index contributed by atoms with van der Waals surface area (Å²) in [4.78, 5) is 2.19. The average Bonchev–Trinajstić information content (AvgIpc) is 2.42. The van der Waals surface area contributed by atoms with Gasteiger partial charge < -0.3 is 10.5 Å². The highest BCUT2D eigenvalue weighted by Gasteiger charge is 2.35. The molecule has 0 saturated carbocycles. The van der Waals surface area contributed by atoms with Gasteiger partial charge in [0.1, 0.15) is 12.4 Å². The molecular formula is C16H23F3N2O. The lowest BCUT2D eigenvalue weighted by Crippen LogP contribution is -2.53. The van der Waals surface area contributed by atoms with Gasteiger partial charge in [0, 0.05) is 19.1 Å². The first-order chi connectivity index (χ1) is 10.2. The van der Waals surface area contributed by atoms with E-state index in [0.29, 0.717) is 6.54 Å². The van der Waals surface area contributed by atoms with Crippen molar-refractivity contribution in [3.63, 3.8) is 0 Å². The van der Waals surface area contributed by atoms with Gasteiger partial charge in [0.05, 0.1) is 5.56 Å². The highest BCUT2D eigenvalue weighted by molar-refractivity contribution is 5.35. The molecule has 1 aromatic rings. The fourth-order valence-electron chi connectivity index (χ4n) is 2.79. The molecule has 124 valence electrons. The zero-order valence-corrected chi connectivity index (χ0v) is 13.0. The second-order valence-electron chi connectivity index (χ2n) is 6.50. The van der Waals surface area contributed by atoms with Crippen LogP contribution in [0, 0.1) is 5.41 Å². The smallest absolute Gasteiger partial charge is 0.419 e. The monoisotopic (exact) mass is 316 g/mol. The Hall–Kier alpha value is -1.27. The van der Waals surface area contributed by atoms with Crippen molar-refractivity contribution in [1.29, 1.82) is 0 Å². The van der Waals surface area contributed by atoms with Gasteiger partial charge in [-0.25, -0.2) is 0 Å². The van der Waals surface area contributed by atoms with Crippen LogP contribution in [0.25, 0.3) is 0 Å². The predicted molar refractivity (Wildman–Crippen MR) is 79.8 cm³/mol. The molecule has 3 nitrogen and oxygen atoms in total. The number of piperidine rings is 1. The number of halogens is 3. The zero-order valence-electron chi connectivity index (χ0n) is 13.0. The Morgan fingerprint density at radius 1 is 1.32 bits per heavy atom. The highest BCUT2D eigenvalue weighted by atomic mass is 19.4. The van der Waals surface area contributed by atoms with E-state index in [1.807, 2.05) is 0 Å². The number of para-hydroxylation sites is 1. The van der Waals surface area contributed by atoms with Gasteiger partial charge in [-0.05, 0) is 30.5 Å². The Bertz CT molecular complexity index is 502. The van der Waals surface area contributed by atoms with E-state index in [2.05, 4.69) is 18.7 Å². The molecule has 1 saturated heterocycles. The molecule has 0 aromatic heterocycles. The lowest BCUT2D eigenvalue weighted by Gasteiger charge is -2.42. The van der Waals surface area contributed by atoms with E-state index in [4.69, 9.17) is 10.5 Å². The number of nitrogens with two attached hydrogens (primary N) is 1. The molecule has 0 bridgehead atoms. The van der Waals surface area contributed by atoms with E-state index >= 15 is 0 Å². The minimum Gasteiger partial charge on any atom is -0.492 e.